The van der Waals surface area contributed by atoms with Gasteiger partial charge in [0.2, 0.25) is 0 Å². The molecule has 0 N–H and O–H groups in total. The van der Waals surface area contributed by atoms with Gasteiger partial charge in [-0.25, -0.2) is 4.79 Å². The summed E-state index contributed by atoms with van der Waals surface area (Å²) < 4.78 is 4.94. The summed E-state index contributed by atoms with van der Waals surface area (Å²) in [5.74, 6) is -0.310. The summed E-state index contributed by atoms with van der Waals surface area (Å²) in [6.45, 7) is 2.19. The molecule has 2 nitrogen and oxygen atoms in total. The maximum absolute atomic E-state index is 11.5. The topological polar surface area (TPSA) is 26.3 Å². The highest BCUT2D eigenvalue weighted by Gasteiger charge is 2.04. The molecule has 0 aliphatic rings. The van der Waals surface area contributed by atoms with E-state index in [1.54, 1.807) is 6.92 Å². The second-order valence-corrected chi connectivity index (χ2v) is 4.82. The maximum atomic E-state index is 11.5. The molecule has 104 valence electrons. The van der Waals surface area contributed by atoms with Crippen LogP contribution in [0.3, 0.4) is 0 Å². The number of rotatable bonds is 3. The van der Waals surface area contributed by atoms with Crippen molar-refractivity contribution in [2.45, 2.75) is 6.92 Å². The van der Waals surface area contributed by atoms with Gasteiger partial charge in [0.1, 0.15) is 0 Å². The van der Waals surface area contributed by atoms with Crippen LogP contribution in [0.1, 0.15) is 12.5 Å². The molecule has 2 heteroatoms. The molecule has 0 saturated carbocycles. The maximum Gasteiger partial charge on any atom is 0.330 e. The van der Waals surface area contributed by atoms with E-state index in [0.717, 1.165) is 10.9 Å². The first-order valence-electron chi connectivity index (χ1n) is 7.05. The van der Waals surface area contributed by atoms with Gasteiger partial charge in [-0.3, -0.25) is 0 Å². The van der Waals surface area contributed by atoms with Crippen molar-refractivity contribution >= 4 is 33.6 Å². The molecule has 0 saturated heterocycles. The van der Waals surface area contributed by atoms with Crippen molar-refractivity contribution in [3.05, 3.63) is 66.2 Å². The zero-order chi connectivity index (χ0) is 14.7. The Kier molecular flexibility index (Phi) is 3.69. The molecule has 0 aliphatic carbocycles. The van der Waals surface area contributed by atoms with Gasteiger partial charge in [-0.2, -0.15) is 0 Å². The van der Waals surface area contributed by atoms with Gasteiger partial charge in [0.25, 0.3) is 0 Å². The molecule has 0 unspecified atom stereocenters. The first-order chi connectivity index (χ1) is 10.3. The Morgan fingerprint density at radius 3 is 2.43 bits per heavy atom. The van der Waals surface area contributed by atoms with E-state index in [2.05, 4.69) is 30.3 Å². The van der Waals surface area contributed by atoms with Gasteiger partial charge in [0.05, 0.1) is 6.61 Å². The standard InChI is InChI=1S/C19H16O2/c1-2-21-19(20)12-11-15-13-14-7-3-4-8-16(14)18-10-6-5-9-17(15)18/h3-13H,2H2,1H3/b12-11+. The number of hydrogen-bond acceptors (Lipinski definition) is 2. The number of benzene rings is 3. The van der Waals surface area contributed by atoms with Crippen LogP contribution in [-0.2, 0) is 9.53 Å². The Hall–Kier alpha value is -2.61. The van der Waals surface area contributed by atoms with Crippen molar-refractivity contribution in [1.29, 1.82) is 0 Å². The SMILES string of the molecule is CCOC(=O)/C=C/c1cc2ccccc2c2ccccc12. The lowest BCUT2D eigenvalue weighted by molar-refractivity contribution is -0.137. The van der Waals surface area contributed by atoms with E-state index in [1.165, 1.54) is 22.2 Å². The molecular formula is C19H16O2. The highest BCUT2D eigenvalue weighted by Crippen LogP contribution is 2.29. The molecule has 0 radical (unpaired) electrons. The van der Waals surface area contributed by atoms with Crippen LogP contribution in [-0.4, -0.2) is 12.6 Å². The van der Waals surface area contributed by atoms with E-state index in [0.29, 0.717) is 6.61 Å². The third kappa shape index (κ3) is 2.65. The minimum absolute atomic E-state index is 0.310. The molecule has 0 bridgehead atoms. The monoisotopic (exact) mass is 276 g/mol. The highest BCUT2D eigenvalue weighted by molar-refractivity contribution is 6.11. The van der Waals surface area contributed by atoms with Crippen LogP contribution in [0.15, 0.2) is 60.7 Å². The van der Waals surface area contributed by atoms with E-state index in [1.807, 2.05) is 30.3 Å². The van der Waals surface area contributed by atoms with E-state index in [-0.39, 0.29) is 5.97 Å². The average Bonchev–Trinajstić information content (AvgIpc) is 2.53. The molecule has 21 heavy (non-hydrogen) atoms. The van der Waals surface area contributed by atoms with Crippen molar-refractivity contribution < 1.29 is 9.53 Å². The summed E-state index contributed by atoms with van der Waals surface area (Å²) in [6, 6.07) is 18.6. The summed E-state index contributed by atoms with van der Waals surface area (Å²) in [5, 5.41) is 4.72. The molecule has 0 aliphatic heterocycles. The number of carbonyl (C=O) groups excluding carboxylic acids is 1. The fraction of sp³-hybridized carbons (Fsp3) is 0.105. The summed E-state index contributed by atoms with van der Waals surface area (Å²) in [4.78, 5) is 11.5. The van der Waals surface area contributed by atoms with Gasteiger partial charge in [0.15, 0.2) is 0 Å². The first-order valence-corrected chi connectivity index (χ1v) is 7.05. The van der Waals surface area contributed by atoms with Crippen molar-refractivity contribution in [1.82, 2.24) is 0 Å². The highest BCUT2D eigenvalue weighted by atomic mass is 16.5. The molecule has 0 aromatic heterocycles. The van der Waals surface area contributed by atoms with Crippen LogP contribution >= 0.6 is 0 Å². The third-order valence-corrected chi connectivity index (χ3v) is 3.49. The molecular weight excluding hydrogens is 260 g/mol. The molecule has 3 aromatic carbocycles. The van der Waals surface area contributed by atoms with Gasteiger partial charge in [-0.05, 0) is 46.2 Å². The Balaban J connectivity index is 2.18. The summed E-state index contributed by atoms with van der Waals surface area (Å²) in [7, 11) is 0. The van der Waals surface area contributed by atoms with Crippen LogP contribution in [0.4, 0.5) is 0 Å². The second kappa shape index (κ2) is 5.80. The Bertz CT molecular complexity index is 831. The Morgan fingerprint density at radius 1 is 1.00 bits per heavy atom. The normalized spacial score (nSPS) is 11.3. The number of hydrogen-bond donors (Lipinski definition) is 0. The van der Waals surface area contributed by atoms with Crippen molar-refractivity contribution in [3.8, 4) is 0 Å². The van der Waals surface area contributed by atoms with Crippen molar-refractivity contribution in [2.75, 3.05) is 6.61 Å². The summed E-state index contributed by atoms with van der Waals surface area (Å²) in [6.07, 6.45) is 3.31. The van der Waals surface area contributed by atoms with Crippen LogP contribution < -0.4 is 0 Å². The lowest BCUT2D eigenvalue weighted by atomic mass is 9.97. The Morgan fingerprint density at radius 2 is 1.67 bits per heavy atom. The molecule has 3 aromatic rings. The minimum Gasteiger partial charge on any atom is -0.463 e. The zero-order valence-electron chi connectivity index (χ0n) is 11.9. The summed E-state index contributed by atoms with van der Waals surface area (Å²) >= 11 is 0. The lowest BCUT2D eigenvalue weighted by Crippen LogP contribution is -1.98. The van der Waals surface area contributed by atoms with Gasteiger partial charge in [0, 0.05) is 6.08 Å². The van der Waals surface area contributed by atoms with Crippen LogP contribution in [0, 0.1) is 0 Å². The van der Waals surface area contributed by atoms with Crippen LogP contribution in [0.2, 0.25) is 0 Å². The number of esters is 1. The number of ether oxygens (including phenoxy) is 1. The largest absolute Gasteiger partial charge is 0.463 e. The smallest absolute Gasteiger partial charge is 0.330 e. The fourth-order valence-electron chi connectivity index (χ4n) is 2.57. The van der Waals surface area contributed by atoms with E-state index >= 15 is 0 Å². The predicted molar refractivity (Wildman–Crippen MR) is 87.1 cm³/mol. The van der Waals surface area contributed by atoms with Gasteiger partial charge < -0.3 is 4.74 Å². The number of fused-ring (bicyclic) bond motifs is 3. The Labute approximate surface area is 123 Å². The third-order valence-electron chi connectivity index (χ3n) is 3.49. The number of carbonyl (C=O) groups is 1. The van der Waals surface area contributed by atoms with Crippen LogP contribution in [0.25, 0.3) is 27.6 Å². The summed E-state index contributed by atoms with van der Waals surface area (Å²) in [5.41, 5.74) is 1.03. The molecule has 0 atom stereocenters. The molecule has 3 rings (SSSR count). The van der Waals surface area contributed by atoms with Gasteiger partial charge in [-0.15, -0.1) is 0 Å². The quantitative estimate of drug-likeness (QED) is 0.398. The molecule has 0 amide bonds. The predicted octanol–water partition coefficient (Wildman–Crippen LogP) is 4.57. The van der Waals surface area contributed by atoms with Gasteiger partial charge in [-0.1, -0.05) is 48.5 Å². The molecule has 0 fully saturated rings. The van der Waals surface area contributed by atoms with Crippen molar-refractivity contribution in [3.63, 3.8) is 0 Å². The van der Waals surface area contributed by atoms with E-state index < -0.39 is 0 Å². The minimum atomic E-state index is -0.310. The fourth-order valence-corrected chi connectivity index (χ4v) is 2.57. The second-order valence-electron chi connectivity index (χ2n) is 4.82. The van der Waals surface area contributed by atoms with Gasteiger partial charge >= 0.3 is 5.97 Å². The lowest BCUT2D eigenvalue weighted by Gasteiger charge is -2.07. The molecule has 0 heterocycles. The zero-order valence-corrected chi connectivity index (χ0v) is 11.9. The van der Waals surface area contributed by atoms with Crippen molar-refractivity contribution in [2.24, 2.45) is 0 Å². The average molecular weight is 276 g/mol. The van der Waals surface area contributed by atoms with Crippen LogP contribution in [0.5, 0.6) is 0 Å². The van der Waals surface area contributed by atoms with E-state index in [4.69, 9.17) is 4.74 Å². The van der Waals surface area contributed by atoms with E-state index in [9.17, 15) is 4.79 Å². The first kappa shape index (κ1) is 13.4. The molecule has 0 spiro atoms.